The summed E-state index contributed by atoms with van der Waals surface area (Å²) < 4.78 is 20.9. The molecule has 6 N–H and O–H groups in total. The Bertz CT molecular complexity index is 625. The quantitative estimate of drug-likeness (QED) is 0.261. The van der Waals surface area contributed by atoms with Gasteiger partial charge in [-0.3, -0.25) is 9.09 Å². The van der Waals surface area contributed by atoms with Crippen molar-refractivity contribution in [2.45, 2.75) is 24.5 Å². The van der Waals surface area contributed by atoms with Crippen LogP contribution in [0.2, 0.25) is 0 Å². The van der Waals surface area contributed by atoms with Crippen molar-refractivity contribution in [1.82, 2.24) is 9.55 Å². The molecule has 1 saturated heterocycles. The Hall–Kier alpha value is 0.670. The maximum absolute atomic E-state index is 11.6. The predicted octanol–water partition coefficient (Wildman–Crippen LogP) is -3.74. The van der Waals surface area contributed by atoms with E-state index >= 15 is 0 Å². The molecule has 2 rings (SSSR count). The fraction of sp³-hybridized carbons (Fsp3) is 0.556. The van der Waals surface area contributed by atoms with Gasteiger partial charge in [0.1, 0.15) is 24.1 Å². The zero-order valence-electron chi connectivity index (χ0n) is 10.5. The number of hydrogen-bond acceptors (Lipinski definition) is 8. The molecule has 1 aromatic heterocycles. The molecule has 1 fully saturated rings. The van der Waals surface area contributed by atoms with Crippen LogP contribution in [-0.2, 0) is 13.8 Å². The van der Waals surface area contributed by atoms with Crippen molar-refractivity contribution in [3.8, 4) is 0 Å². The van der Waals surface area contributed by atoms with Gasteiger partial charge in [-0.1, -0.05) is 0 Å². The molecule has 1 aliphatic rings. The van der Waals surface area contributed by atoms with Crippen LogP contribution in [0.5, 0.6) is 0 Å². The number of nitrogen functional groups attached to an aromatic ring is 1. The molecule has 1 aliphatic heterocycles. The molecule has 11 nitrogen and oxygen atoms in total. The second-order valence-corrected chi connectivity index (χ2v) is 5.61. The van der Waals surface area contributed by atoms with Gasteiger partial charge in [0, 0.05) is 6.20 Å². The van der Waals surface area contributed by atoms with Crippen LogP contribution in [0.3, 0.4) is 0 Å². The summed E-state index contributed by atoms with van der Waals surface area (Å²) in [5.41, 5.74) is 4.52. The molecular weight excluding hydrogens is 355 g/mol. The monoisotopic (exact) mass is 371 g/mol. The Morgan fingerprint density at radius 1 is 1.35 bits per heavy atom. The number of phosphoric acid groups is 1. The van der Waals surface area contributed by atoms with Gasteiger partial charge in [0.05, 0.1) is 6.61 Å². The molecule has 0 spiro atoms. The molecule has 0 aliphatic carbocycles. The maximum atomic E-state index is 11.6. The second kappa shape index (κ2) is 9.39. The Kier molecular flexibility index (Phi) is 9.66. The van der Waals surface area contributed by atoms with Crippen LogP contribution in [0.15, 0.2) is 17.1 Å². The van der Waals surface area contributed by atoms with Gasteiger partial charge in [0.25, 0.3) is 0 Å². The molecule has 0 bridgehead atoms. The molecule has 0 unspecified atom stereocenters. The molecule has 0 amide bonds. The Morgan fingerprint density at radius 2 is 1.96 bits per heavy atom. The number of anilines is 1. The number of aliphatic hydroxyl groups is 2. The Balaban J connectivity index is 0.00000242. The van der Waals surface area contributed by atoms with Gasteiger partial charge in [0.2, 0.25) is 0 Å². The van der Waals surface area contributed by atoms with E-state index in [0.29, 0.717) is 0 Å². The average Bonchev–Trinajstić information content (AvgIpc) is 2.64. The number of ether oxygens (including phenoxy) is 1. The first-order chi connectivity index (χ1) is 9.69. The van der Waals surface area contributed by atoms with E-state index in [-0.39, 0.29) is 64.9 Å². The topological polar surface area (TPSA) is 177 Å². The van der Waals surface area contributed by atoms with Crippen molar-refractivity contribution in [2.24, 2.45) is 0 Å². The summed E-state index contributed by atoms with van der Waals surface area (Å²) >= 11 is 0. The van der Waals surface area contributed by atoms with E-state index in [1.54, 1.807) is 0 Å². The summed E-state index contributed by atoms with van der Waals surface area (Å²) in [6.45, 7) is -0.657. The molecule has 0 radical (unpaired) electrons. The minimum absolute atomic E-state index is 0. The van der Waals surface area contributed by atoms with Gasteiger partial charge in [0.15, 0.2) is 6.23 Å². The fourth-order valence-corrected chi connectivity index (χ4v) is 2.23. The van der Waals surface area contributed by atoms with Gasteiger partial charge in [-0.05, 0) is 6.07 Å². The summed E-state index contributed by atoms with van der Waals surface area (Å²) in [7, 11) is -4.74. The number of phosphoric ester groups is 1. The van der Waals surface area contributed by atoms with Crippen molar-refractivity contribution in [2.75, 3.05) is 12.3 Å². The number of nitrogens with two attached hydrogens (primary N) is 1. The summed E-state index contributed by atoms with van der Waals surface area (Å²) in [4.78, 5) is 32.3. The summed E-state index contributed by atoms with van der Waals surface area (Å²) in [6.07, 6.45) is -4.27. The van der Waals surface area contributed by atoms with E-state index in [2.05, 4.69) is 9.51 Å². The van der Waals surface area contributed by atoms with Crippen molar-refractivity contribution in [3.63, 3.8) is 0 Å². The molecule has 4 atom stereocenters. The minimum atomic E-state index is -4.74. The molecule has 0 saturated carbocycles. The van der Waals surface area contributed by atoms with Gasteiger partial charge in [-0.15, -0.1) is 0 Å². The third-order valence-corrected chi connectivity index (χ3v) is 3.36. The first-order valence-corrected chi connectivity index (χ1v) is 7.28. The van der Waals surface area contributed by atoms with Crippen molar-refractivity contribution < 1.29 is 33.8 Å². The molecule has 122 valence electrons. The fourth-order valence-electron chi connectivity index (χ4n) is 1.89. The van der Waals surface area contributed by atoms with Crippen LogP contribution in [-0.4, -0.2) is 114 Å². The number of nitrogens with zero attached hydrogens (tertiary/aromatic N) is 2. The van der Waals surface area contributed by atoms with Crippen LogP contribution in [0.4, 0.5) is 5.82 Å². The molecule has 0 aromatic carbocycles. The van der Waals surface area contributed by atoms with Gasteiger partial charge in [-0.2, -0.15) is 4.98 Å². The van der Waals surface area contributed by atoms with Crippen LogP contribution >= 0.6 is 7.82 Å². The van der Waals surface area contributed by atoms with Gasteiger partial charge >= 0.3 is 72.6 Å². The van der Waals surface area contributed by atoms with Crippen LogP contribution in [0, 0.1) is 0 Å². The first kappa shape index (κ1) is 23.7. The number of aliphatic hydroxyl groups excluding tert-OH is 2. The number of rotatable bonds is 4. The van der Waals surface area contributed by atoms with Gasteiger partial charge < -0.3 is 30.5 Å². The average molecular weight is 371 g/mol. The summed E-state index contributed by atoms with van der Waals surface area (Å²) in [6, 6.07) is 1.29. The predicted molar refractivity (Wildman–Crippen MR) is 81.1 cm³/mol. The normalized spacial score (nSPS) is 27.1. The molecule has 23 heavy (non-hydrogen) atoms. The van der Waals surface area contributed by atoms with E-state index in [4.69, 9.17) is 20.3 Å². The summed E-state index contributed by atoms with van der Waals surface area (Å²) in [5, 5.41) is 19.6. The van der Waals surface area contributed by atoms with E-state index in [9.17, 15) is 19.6 Å². The number of aromatic nitrogens is 2. The second-order valence-electron chi connectivity index (χ2n) is 4.37. The molecule has 1 aromatic rings. The van der Waals surface area contributed by atoms with E-state index in [0.717, 1.165) is 4.57 Å². The zero-order chi connectivity index (χ0) is 15.8. The van der Waals surface area contributed by atoms with E-state index in [1.807, 2.05) is 0 Å². The first-order valence-electron chi connectivity index (χ1n) is 5.75. The zero-order valence-corrected chi connectivity index (χ0v) is 11.4. The SMILES string of the molecule is Nc1ccn([C@@H]2O[C@H](COP(=O)(O)O)[C@@H](O)[C@H]2O)c(=O)n1.[NaH].[NaH]. The molecular formula is C9H16N3Na2O8P. The standard InChI is InChI=1S/C9H14N3O8P.2Na.2H/c10-5-1-2-12(9(15)11-5)8-7(14)6(13)4(20-8)3-19-21(16,17)18;;;;/h1-2,4,6-8,13-14H,3H2,(H2,10,11,15)(H2,16,17,18);;;;/t4-,6-,7-,8-;;;;/m1..../s1. The summed E-state index contributed by atoms with van der Waals surface area (Å²) in [5.74, 6) is -0.0225. The number of hydrogen-bond donors (Lipinski definition) is 5. The van der Waals surface area contributed by atoms with Crippen molar-refractivity contribution >= 4 is 72.8 Å². The van der Waals surface area contributed by atoms with Crippen LogP contribution in [0.1, 0.15) is 6.23 Å². The third kappa shape index (κ3) is 6.15. The molecule has 14 heteroatoms. The Morgan fingerprint density at radius 3 is 2.48 bits per heavy atom. The van der Waals surface area contributed by atoms with E-state index < -0.39 is 44.7 Å². The van der Waals surface area contributed by atoms with Crippen molar-refractivity contribution in [3.05, 3.63) is 22.7 Å². The third-order valence-electron chi connectivity index (χ3n) is 2.87. The van der Waals surface area contributed by atoms with Crippen LogP contribution in [0.25, 0.3) is 0 Å². The molecule has 2 heterocycles. The van der Waals surface area contributed by atoms with Crippen LogP contribution < -0.4 is 11.4 Å². The van der Waals surface area contributed by atoms with Crippen molar-refractivity contribution in [1.29, 1.82) is 0 Å². The Labute approximate surface area is 174 Å². The van der Waals surface area contributed by atoms with Gasteiger partial charge in [-0.25, -0.2) is 9.36 Å². The van der Waals surface area contributed by atoms with E-state index in [1.165, 1.54) is 12.3 Å².